The molecule has 0 aliphatic rings. The van der Waals surface area contributed by atoms with Gasteiger partial charge in [0, 0.05) is 5.56 Å². The van der Waals surface area contributed by atoms with Crippen molar-refractivity contribution in [2.24, 2.45) is 0 Å². The van der Waals surface area contributed by atoms with E-state index in [0.717, 1.165) is 11.1 Å². The van der Waals surface area contributed by atoms with Crippen LogP contribution in [0.1, 0.15) is 18.3 Å². The summed E-state index contributed by atoms with van der Waals surface area (Å²) >= 11 is 0. The van der Waals surface area contributed by atoms with Gasteiger partial charge >= 0.3 is 5.97 Å². The monoisotopic (exact) mass is 431 g/mol. The molecule has 0 radical (unpaired) electrons. The van der Waals surface area contributed by atoms with Gasteiger partial charge in [-0.1, -0.05) is 22.9 Å². The number of hydrogen-bond acceptors (Lipinski definition) is 8. The number of carbonyl (C=O) groups is 1. The Morgan fingerprint density at radius 1 is 1.13 bits per heavy atom. The molecule has 0 aliphatic carbocycles. The van der Waals surface area contributed by atoms with Crippen LogP contribution in [0, 0.1) is 6.92 Å². The zero-order valence-electron chi connectivity index (χ0n) is 16.7. The molecule has 3 rings (SSSR count). The summed E-state index contributed by atoms with van der Waals surface area (Å²) in [6, 6.07) is 12.2. The van der Waals surface area contributed by atoms with Gasteiger partial charge in [-0.2, -0.15) is 9.71 Å². The van der Waals surface area contributed by atoms with Gasteiger partial charge < -0.3 is 14.0 Å². The number of benzene rings is 2. The van der Waals surface area contributed by atoms with Crippen LogP contribution < -0.4 is 9.46 Å². The number of sulfonamides is 1. The third-order valence-electron chi connectivity index (χ3n) is 4.17. The van der Waals surface area contributed by atoms with Crippen molar-refractivity contribution < 1.29 is 27.2 Å². The van der Waals surface area contributed by atoms with Crippen molar-refractivity contribution in [3.63, 3.8) is 0 Å². The average Bonchev–Trinajstić information content (AvgIpc) is 3.21. The third kappa shape index (κ3) is 5.22. The van der Waals surface area contributed by atoms with Crippen LogP contribution in [0.4, 0.5) is 0 Å². The number of esters is 1. The summed E-state index contributed by atoms with van der Waals surface area (Å²) in [5, 5.41) is 3.77. The fraction of sp³-hybridized carbons (Fsp3) is 0.250. The maximum absolute atomic E-state index is 12.4. The Labute approximate surface area is 174 Å². The minimum Gasteiger partial charge on any atom is -0.497 e. The highest BCUT2D eigenvalue weighted by atomic mass is 32.2. The van der Waals surface area contributed by atoms with Gasteiger partial charge in [0.25, 0.3) is 5.89 Å². The summed E-state index contributed by atoms with van der Waals surface area (Å²) in [5.41, 5.74) is 1.84. The zero-order chi connectivity index (χ0) is 21.7. The number of nitrogens with zero attached hydrogens (tertiary/aromatic N) is 2. The van der Waals surface area contributed by atoms with E-state index < -0.39 is 22.0 Å². The van der Waals surface area contributed by atoms with Crippen molar-refractivity contribution in [1.82, 2.24) is 14.9 Å². The molecular weight excluding hydrogens is 410 g/mol. The molecule has 0 unspecified atom stereocenters. The first-order chi connectivity index (χ1) is 14.3. The topological polar surface area (TPSA) is 121 Å². The minimum absolute atomic E-state index is 0.00357. The van der Waals surface area contributed by atoms with Gasteiger partial charge in [0.1, 0.15) is 11.8 Å². The molecule has 1 N–H and O–H groups in total. The molecule has 10 heteroatoms. The Morgan fingerprint density at radius 3 is 2.43 bits per heavy atom. The molecule has 2 aromatic carbocycles. The molecule has 0 spiro atoms. The van der Waals surface area contributed by atoms with Crippen LogP contribution in [-0.2, 0) is 26.2 Å². The summed E-state index contributed by atoms with van der Waals surface area (Å²) in [6.45, 7) is 3.10. The largest absolute Gasteiger partial charge is 0.497 e. The predicted molar refractivity (Wildman–Crippen MR) is 107 cm³/mol. The van der Waals surface area contributed by atoms with Gasteiger partial charge in [-0.05, 0) is 50.2 Å². The first-order valence-corrected chi connectivity index (χ1v) is 10.5. The molecule has 0 amide bonds. The maximum atomic E-state index is 12.4. The molecule has 0 saturated carbocycles. The Balaban J connectivity index is 1.57. The third-order valence-corrected chi connectivity index (χ3v) is 5.72. The van der Waals surface area contributed by atoms with E-state index >= 15 is 0 Å². The summed E-state index contributed by atoms with van der Waals surface area (Å²) < 4.78 is 42.4. The van der Waals surface area contributed by atoms with E-state index in [1.54, 1.807) is 0 Å². The van der Waals surface area contributed by atoms with Gasteiger partial charge in [-0.15, -0.1) is 0 Å². The van der Waals surface area contributed by atoms with Crippen molar-refractivity contribution in [1.29, 1.82) is 0 Å². The Hall–Kier alpha value is -3.24. The van der Waals surface area contributed by atoms with Gasteiger partial charge in [0.2, 0.25) is 15.8 Å². The Bertz CT molecular complexity index is 1110. The first-order valence-electron chi connectivity index (χ1n) is 9.01. The number of methoxy groups -OCH3 is 1. The lowest BCUT2D eigenvalue weighted by atomic mass is 10.1. The van der Waals surface area contributed by atoms with Crippen LogP contribution in [0.15, 0.2) is 57.9 Å². The summed E-state index contributed by atoms with van der Waals surface area (Å²) in [4.78, 5) is 16.4. The lowest BCUT2D eigenvalue weighted by Gasteiger charge is -2.13. The fourth-order valence-corrected chi connectivity index (χ4v) is 3.68. The minimum atomic E-state index is -3.90. The van der Waals surface area contributed by atoms with Crippen molar-refractivity contribution in [3.8, 4) is 17.2 Å². The second-order valence-corrected chi connectivity index (χ2v) is 8.22. The van der Waals surface area contributed by atoms with Crippen LogP contribution in [0.3, 0.4) is 0 Å². The number of hydrogen-bond donors (Lipinski definition) is 1. The van der Waals surface area contributed by atoms with Crippen molar-refractivity contribution >= 4 is 16.0 Å². The Kier molecular flexibility index (Phi) is 6.48. The van der Waals surface area contributed by atoms with Crippen molar-refractivity contribution in [3.05, 3.63) is 59.9 Å². The first kappa shape index (κ1) is 21.5. The molecule has 1 atom stereocenters. The highest BCUT2D eigenvalue weighted by Gasteiger charge is 2.23. The molecule has 0 saturated heterocycles. The number of rotatable bonds is 8. The van der Waals surface area contributed by atoms with E-state index in [4.69, 9.17) is 14.0 Å². The van der Waals surface area contributed by atoms with Crippen LogP contribution in [-0.4, -0.2) is 37.7 Å². The highest BCUT2D eigenvalue weighted by molar-refractivity contribution is 7.89. The van der Waals surface area contributed by atoms with Crippen LogP contribution in [0.5, 0.6) is 5.75 Å². The van der Waals surface area contributed by atoms with E-state index in [1.165, 1.54) is 38.3 Å². The van der Waals surface area contributed by atoms with E-state index in [-0.39, 0.29) is 17.3 Å². The average molecular weight is 431 g/mol. The van der Waals surface area contributed by atoms with E-state index in [1.807, 2.05) is 31.2 Å². The molecule has 30 heavy (non-hydrogen) atoms. The fourth-order valence-electron chi connectivity index (χ4n) is 2.49. The van der Waals surface area contributed by atoms with Crippen LogP contribution in [0.2, 0.25) is 0 Å². The van der Waals surface area contributed by atoms with Crippen LogP contribution >= 0.6 is 0 Å². The number of ether oxygens (including phenoxy) is 2. The van der Waals surface area contributed by atoms with Gasteiger partial charge in [0.05, 0.1) is 12.0 Å². The summed E-state index contributed by atoms with van der Waals surface area (Å²) in [7, 11) is -2.42. The smallest absolute Gasteiger partial charge is 0.324 e. The summed E-state index contributed by atoms with van der Waals surface area (Å²) in [6.07, 6.45) is 0. The molecule has 9 nitrogen and oxygen atoms in total. The van der Waals surface area contributed by atoms with Crippen LogP contribution in [0.25, 0.3) is 11.5 Å². The quantitative estimate of drug-likeness (QED) is 0.540. The lowest BCUT2D eigenvalue weighted by Crippen LogP contribution is -2.39. The van der Waals surface area contributed by atoms with Gasteiger partial charge in [-0.3, -0.25) is 4.79 Å². The molecule has 0 aliphatic heterocycles. The van der Waals surface area contributed by atoms with Crippen molar-refractivity contribution in [2.75, 3.05) is 7.11 Å². The molecule has 3 aromatic rings. The number of carbonyl (C=O) groups excluding carboxylic acids is 1. The summed E-state index contributed by atoms with van der Waals surface area (Å²) in [5.74, 6) is 0.221. The molecule has 1 aromatic heterocycles. The molecule has 1 heterocycles. The number of nitrogens with one attached hydrogen (secondary N) is 1. The SMILES string of the molecule is COc1ccc(S(=O)(=O)N[C@@H](C)C(=O)OCc2noc(-c3ccc(C)cc3)n2)cc1. The predicted octanol–water partition coefficient (Wildman–Crippen LogP) is 2.46. The number of aryl methyl sites for hydroxylation is 1. The Morgan fingerprint density at radius 2 is 1.80 bits per heavy atom. The highest BCUT2D eigenvalue weighted by Crippen LogP contribution is 2.18. The maximum Gasteiger partial charge on any atom is 0.324 e. The van der Waals surface area contributed by atoms with Gasteiger partial charge in [0.15, 0.2) is 6.61 Å². The lowest BCUT2D eigenvalue weighted by molar-refractivity contribution is -0.146. The second-order valence-electron chi connectivity index (χ2n) is 6.51. The molecular formula is C20H21N3O6S. The molecule has 0 fully saturated rings. The standard InChI is InChI=1S/C20H21N3O6S/c1-13-4-6-15(7-5-13)19-21-18(22-29-19)12-28-20(24)14(2)23-30(25,26)17-10-8-16(27-3)9-11-17/h4-11,14,23H,12H2,1-3H3/t14-/m0/s1. The van der Waals surface area contributed by atoms with Crippen molar-refractivity contribution in [2.45, 2.75) is 31.4 Å². The van der Waals surface area contributed by atoms with E-state index in [9.17, 15) is 13.2 Å². The van der Waals surface area contributed by atoms with Gasteiger partial charge in [-0.25, -0.2) is 8.42 Å². The molecule has 158 valence electrons. The normalized spacial score (nSPS) is 12.4. The second kappa shape index (κ2) is 9.06. The zero-order valence-corrected chi connectivity index (χ0v) is 17.5. The number of aromatic nitrogens is 2. The van der Waals surface area contributed by atoms with E-state index in [2.05, 4.69) is 14.9 Å². The molecule has 0 bridgehead atoms. The van der Waals surface area contributed by atoms with E-state index in [0.29, 0.717) is 11.6 Å².